The van der Waals surface area contributed by atoms with Crippen LogP contribution in [0.5, 0.6) is 5.75 Å². The number of anilines is 1. The first-order chi connectivity index (χ1) is 12.8. The average molecular weight is 376 g/mol. The van der Waals surface area contributed by atoms with Crippen molar-refractivity contribution in [3.8, 4) is 5.75 Å². The molecule has 27 heavy (non-hydrogen) atoms. The predicted octanol–water partition coefficient (Wildman–Crippen LogP) is 5.32. The number of hydrogen-bond donors (Lipinski definition) is 1. The van der Waals surface area contributed by atoms with Gasteiger partial charge in [-0.15, -0.1) is 13.2 Å². The molecule has 5 nitrogen and oxygen atoms in total. The Balaban J connectivity index is 1.67. The maximum absolute atomic E-state index is 12.5. The summed E-state index contributed by atoms with van der Waals surface area (Å²) in [4.78, 5) is 10.4. The number of nitro benzene ring substituents is 1. The molecule has 0 bridgehead atoms. The largest absolute Gasteiger partial charge is 0.573 e. The van der Waals surface area contributed by atoms with Crippen molar-refractivity contribution < 1.29 is 22.8 Å². The van der Waals surface area contributed by atoms with E-state index in [0.29, 0.717) is 0 Å². The normalized spacial score (nSPS) is 23.3. The van der Waals surface area contributed by atoms with Gasteiger partial charge in [-0.25, -0.2) is 0 Å². The predicted molar refractivity (Wildman–Crippen MR) is 92.6 cm³/mol. The second-order valence-corrected chi connectivity index (χ2v) is 6.62. The third kappa shape index (κ3) is 3.34. The zero-order chi connectivity index (χ0) is 19.2. The van der Waals surface area contributed by atoms with Crippen molar-refractivity contribution in [2.24, 2.45) is 5.92 Å². The summed E-state index contributed by atoms with van der Waals surface area (Å²) in [6.45, 7) is 0. The third-order valence-corrected chi connectivity index (χ3v) is 5.03. The molecule has 1 heterocycles. The fourth-order valence-electron chi connectivity index (χ4n) is 3.90. The van der Waals surface area contributed by atoms with Crippen LogP contribution in [0.4, 0.5) is 24.5 Å². The van der Waals surface area contributed by atoms with E-state index in [0.717, 1.165) is 23.2 Å². The summed E-state index contributed by atoms with van der Waals surface area (Å²) in [5, 5.41) is 14.2. The molecular formula is C19H15F3N2O3. The number of halogens is 3. The van der Waals surface area contributed by atoms with Crippen molar-refractivity contribution in [1.29, 1.82) is 0 Å². The van der Waals surface area contributed by atoms with Crippen LogP contribution in [0.25, 0.3) is 0 Å². The zero-order valence-electron chi connectivity index (χ0n) is 13.9. The maximum atomic E-state index is 12.5. The quantitative estimate of drug-likeness (QED) is 0.447. The number of ether oxygens (including phenoxy) is 1. The topological polar surface area (TPSA) is 64.4 Å². The molecule has 1 aliphatic heterocycles. The molecule has 8 heteroatoms. The first-order valence-corrected chi connectivity index (χ1v) is 8.39. The highest BCUT2D eigenvalue weighted by atomic mass is 19.4. The van der Waals surface area contributed by atoms with Crippen LogP contribution in [0.3, 0.4) is 0 Å². The van der Waals surface area contributed by atoms with E-state index in [4.69, 9.17) is 0 Å². The van der Waals surface area contributed by atoms with Crippen LogP contribution in [-0.4, -0.2) is 11.3 Å². The minimum absolute atomic E-state index is 0.0185. The highest BCUT2D eigenvalue weighted by Crippen LogP contribution is 2.50. The molecule has 1 aliphatic carbocycles. The summed E-state index contributed by atoms with van der Waals surface area (Å²) in [6, 6.07) is 10.6. The van der Waals surface area contributed by atoms with E-state index in [1.54, 1.807) is 18.2 Å². The third-order valence-electron chi connectivity index (χ3n) is 5.03. The van der Waals surface area contributed by atoms with E-state index in [-0.39, 0.29) is 29.3 Å². The van der Waals surface area contributed by atoms with Gasteiger partial charge in [-0.05, 0) is 41.7 Å². The number of benzene rings is 2. The Labute approximate surface area is 152 Å². The molecule has 0 radical (unpaired) electrons. The smallest absolute Gasteiger partial charge is 0.406 e. The Morgan fingerprint density at radius 2 is 1.89 bits per heavy atom. The van der Waals surface area contributed by atoms with Gasteiger partial charge in [0.2, 0.25) is 0 Å². The van der Waals surface area contributed by atoms with Crippen molar-refractivity contribution in [2.45, 2.75) is 24.7 Å². The van der Waals surface area contributed by atoms with Crippen LogP contribution in [0.1, 0.15) is 29.5 Å². The van der Waals surface area contributed by atoms with Gasteiger partial charge in [0.15, 0.2) is 0 Å². The summed E-state index contributed by atoms with van der Waals surface area (Å²) >= 11 is 0. The van der Waals surface area contributed by atoms with Gasteiger partial charge in [-0.2, -0.15) is 0 Å². The lowest BCUT2D eigenvalue weighted by Crippen LogP contribution is -2.29. The fourth-order valence-corrected chi connectivity index (χ4v) is 3.90. The number of allylic oxidation sites excluding steroid dienone is 2. The summed E-state index contributed by atoms with van der Waals surface area (Å²) in [7, 11) is 0. The van der Waals surface area contributed by atoms with Crippen LogP contribution in [0.15, 0.2) is 54.6 Å². The molecule has 0 unspecified atom stereocenters. The van der Waals surface area contributed by atoms with E-state index in [1.807, 2.05) is 12.2 Å². The van der Waals surface area contributed by atoms with Crippen molar-refractivity contribution in [3.63, 3.8) is 0 Å². The van der Waals surface area contributed by atoms with Crippen molar-refractivity contribution in [2.75, 3.05) is 5.32 Å². The lowest BCUT2D eigenvalue weighted by atomic mass is 9.77. The van der Waals surface area contributed by atoms with E-state index < -0.39 is 11.3 Å². The number of hydrogen-bond acceptors (Lipinski definition) is 4. The number of nitrogens with one attached hydrogen (secondary N) is 1. The van der Waals surface area contributed by atoms with Crippen LogP contribution >= 0.6 is 0 Å². The molecule has 0 saturated heterocycles. The van der Waals surface area contributed by atoms with Gasteiger partial charge in [-0.1, -0.05) is 24.3 Å². The Morgan fingerprint density at radius 1 is 1.15 bits per heavy atom. The van der Waals surface area contributed by atoms with Gasteiger partial charge in [0.25, 0.3) is 5.69 Å². The molecule has 0 spiro atoms. The monoisotopic (exact) mass is 376 g/mol. The second kappa shape index (κ2) is 6.29. The number of rotatable bonds is 3. The summed E-state index contributed by atoms with van der Waals surface area (Å²) in [6.07, 6.45) is 0.0492. The van der Waals surface area contributed by atoms with Gasteiger partial charge in [-0.3, -0.25) is 10.1 Å². The van der Waals surface area contributed by atoms with Gasteiger partial charge in [0, 0.05) is 23.7 Å². The lowest BCUT2D eigenvalue weighted by Gasteiger charge is -2.37. The maximum Gasteiger partial charge on any atom is 0.573 e. The Hall–Kier alpha value is -3.03. The van der Waals surface area contributed by atoms with Crippen LogP contribution in [-0.2, 0) is 0 Å². The average Bonchev–Trinajstić information content (AvgIpc) is 3.10. The number of non-ortho nitro benzene ring substituents is 1. The molecule has 2 aromatic rings. The molecule has 2 aromatic carbocycles. The minimum atomic E-state index is -4.73. The Morgan fingerprint density at radius 3 is 2.56 bits per heavy atom. The Bertz CT molecular complexity index is 909. The van der Waals surface area contributed by atoms with Crippen LogP contribution in [0.2, 0.25) is 0 Å². The van der Waals surface area contributed by atoms with E-state index in [2.05, 4.69) is 10.1 Å². The number of fused-ring (bicyclic) bond motifs is 3. The number of nitro groups is 1. The summed E-state index contributed by atoms with van der Waals surface area (Å²) < 4.78 is 41.6. The van der Waals surface area contributed by atoms with E-state index in [1.165, 1.54) is 24.3 Å². The minimum Gasteiger partial charge on any atom is -0.406 e. The molecule has 1 N–H and O–H groups in total. The number of alkyl halides is 3. The molecule has 2 aliphatic rings. The molecule has 0 saturated carbocycles. The molecule has 3 atom stereocenters. The zero-order valence-corrected chi connectivity index (χ0v) is 13.9. The first-order valence-electron chi connectivity index (χ1n) is 8.39. The van der Waals surface area contributed by atoms with Gasteiger partial charge < -0.3 is 10.1 Å². The molecule has 140 valence electrons. The van der Waals surface area contributed by atoms with Crippen molar-refractivity contribution >= 4 is 11.4 Å². The molecule has 0 aromatic heterocycles. The van der Waals surface area contributed by atoms with E-state index >= 15 is 0 Å². The SMILES string of the molecule is O=[N+]([O-])c1ccc([C@H]2Nc3ccc(OC(F)(F)F)cc3[C@H]3C=CC[C@H]32)cc1. The second-order valence-electron chi connectivity index (χ2n) is 6.62. The highest BCUT2D eigenvalue weighted by molar-refractivity contribution is 5.62. The summed E-state index contributed by atoms with van der Waals surface area (Å²) in [5.41, 5.74) is 2.42. The first kappa shape index (κ1) is 17.4. The highest BCUT2D eigenvalue weighted by Gasteiger charge is 2.39. The van der Waals surface area contributed by atoms with E-state index in [9.17, 15) is 23.3 Å². The Kier molecular flexibility index (Phi) is 4.05. The fraction of sp³-hybridized carbons (Fsp3) is 0.263. The molecule has 0 fully saturated rings. The van der Waals surface area contributed by atoms with Gasteiger partial charge in [0.05, 0.1) is 11.0 Å². The van der Waals surface area contributed by atoms with Crippen LogP contribution in [0, 0.1) is 16.0 Å². The van der Waals surface area contributed by atoms with Gasteiger partial charge in [0.1, 0.15) is 5.75 Å². The van der Waals surface area contributed by atoms with Crippen molar-refractivity contribution in [3.05, 3.63) is 75.9 Å². The van der Waals surface area contributed by atoms with Gasteiger partial charge >= 0.3 is 6.36 Å². The standard InChI is InChI=1S/C19H15F3N2O3/c20-19(21,22)27-13-8-9-17-16(10-13)14-2-1-3-15(14)18(23-17)11-4-6-12(7-5-11)24(25)26/h1-2,4-10,14-15,18,23H,3H2/t14-,15+,18+/m0/s1. The molecule has 4 rings (SSSR count). The number of nitrogens with zero attached hydrogens (tertiary/aromatic N) is 1. The summed E-state index contributed by atoms with van der Waals surface area (Å²) in [5.74, 6) is -0.172. The lowest BCUT2D eigenvalue weighted by molar-refractivity contribution is -0.384. The van der Waals surface area contributed by atoms with Crippen LogP contribution < -0.4 is 10.1 Å². The molecular weight excluding hydrogens is 361 g/mol. The molecule has 0 amide bonds. The van der Waals surface area contributed by atoms with Crippen molar-refractivity contribution in [1.82, 2.24) is 0 Å².